The lowest BCUT2D eigenvalue weighted by Gasteiger charge is -2.44. The predicted molar refractivity (Wildman–Crippen MR) is 134 cm³/mol. The summed E-state index contributed by atoms with van der Waals surface area (Å²) in [5.41, 5.74) is -0.934. The summed E-state index contributed by atoms with van der Waals surface area (Å²) >= 11 is 0. The van der Waals surface area contributed by atoms with Crippen LogP contribution in [0.1, 0.15) is 29.0 Å². The van der Waals surface area contributed by atoms with Gasteiger partial charge in [-0.05, 0) is 29.7 Å². The third kappa shape index (κ3) is 3.45. The van der Waals surface area contributed by atoms with Crippen LogP contribution in [0.25, 0.3) is 0 Å². The number of rotatable bonds is 7. The molecule has 3 aromatic carbocycles. The fourth-order valence-corrected chi connectivity index (χ4v) is 6.92. The lowest BCUT2D eigenvalue weighted by Crippen LogP contribution is -2.61. The van der Waals surface area contributed by atoms with Crippen molar-refractivity contribution in [3.05, 3.63) is 83.4 Å². The number of aliphatic hydroxyl groups is 1. The molecule has 0 amide bonds. The van der Waals surface area contributed by atoms with E-state index in [4.69, 9.17) is 18.9 Å². The number of sulfonamides is 1. The average Bonchev–Trinajstić information content (AvgIpc) is 3.29. The Hall–Kier alpha value is -3.27. The van der Waals surface area contributed by atoms with Gasteiger partial charge in [-0.15, -0.1) is 0 Å². The Kier molecular flexibility index (Phi) is 5.89. The van der Waals surface area contributed by atoms with E-state index in [2.05, 4.69) is 4.72 Å². The Labute approximate surface area is 210 Å². The molecule has 1 saturated carbocycles. The predicted octanol–water partition coefficient (Wildman–Crippen LogP) is 3.29. The van der Waals surface area contributed by atoms with Gasteiger partial charge in [-0.1, -0.05) is 42.5 Å². The Morgan fingerprint density at radius 1 is 0.944 bits per heavy atom. The molecule has 0 bridgehead atoms. The molecule has 0 saturated heterocycles. The fourth-order valence-electron chi connectivity index (χ4n) is 5.95. The first kappa shape index (κ1) is 24.4. The number of hydrogen-bond donors (Lipinski definition) is 2. The monoisotopic (exact) mass is 511 g/mol. The first-order chi connectivity index (χ1) is 17.2. The quantitative estimate of drug-likeness (QED) is 0.502. The van der Waals surface area contributed by atoms with Crippen molar-refractivity contribution in [1.29, 1.82) is 0 Å². The second-order valence-corrected chi connectivity index (χ2v) is 10.9. The van der Waals surface area contributed by atoms with Crippen LogP contribution in [0, 0.1) is 0 Å². The molecule has 3 aromatic rings. The van der Waals surface area contributed by atoms with Crippen molar-refractivity contribution < 1.29 is 32.5 Å². The summed E-state index contributed by atoms with van der Waals surface area (Å²) in [6.45, 7) is 0. The van der Waals surface area contributed by atoms with Gasteiger partial charge in [0.2, 0.25) is 10.0 Å². The third-order valence-corrected chi connectivity index (χ3v) is 7.96. The summed E-state index contributed by atoms with van der Waals surface area (Å²) in [5.74, 6) is 1.43. The van der Waals surface area contributed by atoms with Crippen molar-refractivity contribution in [2.45, 2.75) is 29.6 Å². The Morgan fingerprint density at radius 2 is 1.61 bits per heavy atom. The molecule has 1 heterocycles. The average molecular weight is 512 g/mol. The van der Waals surface area contributed by atoms with E-state index in [0.29, 0.717) is 34.1 Å². The summed E-state index contributed by atoms with van der Waals surface area (Å²) in [6.07, 6.45) is 0.174. The van der Waals surface area contributed by atoms with Crippen molar-refractivity contribution in [1.82, 2.24) is 4.72 Å². The number of methoxy groups -OCH3 is 3. The van der Waals surface area contributed by atoms with Crippen molar-refractivity contribution >= 4 is 10.0 Å². The maximum atomic E-state index is 13.0. The third-order valence-electron chi connectivity index (χ3n) is 7.26. The van der Waals surface area contributed by atoms with Gasteiger partial charge in [0.15, 0.2) is 5.60 Å². The SMILES string of the molecule is COc1ccc([C@@]23Oc4cc(OC)cc(OC)c4[C@]2(NS(C)(=O)=O)[C@@H](O)C[C@H]3c2ccccc2)cc1. The molecule has 190 valence electrons. The van der Waals surface area contributed by atoms with Gasteiger partial charge in [0.25, 0.3) is 0 Å². The molecule has 1 aliphatic carbocycles. The van der Waals surface area contributed by atoms with Gasteiger partial charge < -0.3 is 24.1 Å². The standard InChI is InChI=1S/C27H29NO7S/c1-32-19-12-10-18(11-13-19)27-21(17-8-6-5-7-9-17)16-24(29)26(27,28-36(4,30)31)25-22(34-3)14-20(33-2)15-23(25)35-27/h5-15,21,24,28-29H,16H2,1-4H3/t21-,24-,26+,27-/m0/s1. The highest BCUT2D eigenvalue weighted by Gasteiger charge is 2.74. The topological polar surface area (TPSA) is 103 Å². The van der Waals surface area contributed by atoms with E-state index >= 15 is 0 Å². The molecule has 0 aromatic heterocycles. The van der Waals surface area contributed by atoms with Crippen molar-refractivity contribution in [2.75, 3.05) is 27.6 Å². The second-order valence-electron chi connectivity index (χ2n) is 9.17. The molecule has 5 rings (SSSR count). The van der Waals surface area contributed by atoms with E-state index < -0.39 is 33.2 Å². The summed E-state index contributed by atoms with van der Waals surface area (Å²) in [6, 6.07) is 20.3. The molecule has 4 atom stereocenters. The van der Waals surface area contributed by atoms with Crippen LogP contribution >= 0.6 is 0 Å². The van der Waals surface area contributed by atoms with Crippen LogP contribution in [-0.2, 0) is 21.2 Å². The number of ether oxygens (including phenoxy) is 4. The zero-order valence-corrected chi connectivity index (χ0v) is 21.3. The van der Waals surface area contributed by atoms with E-state index in [-0.39, 0.29) is 6.42 Å². The second kappa shape index (κ2) is 8.69. The Bertz CT molecular complexity index is 1380. The minimum absolute atomic E-state index is 0.243. The van der Waals surface area contributed by atoms with Crippen molar-refractivity contribution in [3.63, 3.8) is 0 Å². The van der Waals surface area contributed by atoms with Gasteiger partial charge in [-0.25, -0.2) is 8.42 Å². The highest BCUT2D eigenvalue weighted by Crippen LogP contribution is 2.68. The van der Waals surface area contributed by atoms with E-state index in [0.717, 1.165) is 11.8 Å². The van der Waals surface area contributed by atoms with Gasteiger partial charge in [0.05, 0.1) is 39.3 Å². The summed E-state index contributed by atoms with van der Waals surface area (Å²) in [7, 11) is 0.747. The molecular formula is C27H29NO7S. The zero-order chi connectivity index (χ0) is 25.7. The number of aliphatic hydroxyl groups excluding tert-OH is 1. The molecule has 9 heteroatoms. The molecule has 8 nitrogen and oxygen atoms in total. The smallest absolute Gasteiger partial charge is 0.209 e. The highest BCUT2D eigenvalue weighted by atomic mass is 32.2. The van der Waals surface area contributed by atoms with E-state index in [1.54, 1.807) is 31.4 Å². The molecule has 36 heavy (non-hydrogen) atoms. The van der Waals surface area contributed by atoms with Gasteiger partial charge in [-0.3, -0.25) is 0 Å². The van der Waals surface area contributed by atoms with Crippen LogP contribution in [0.2, 0.25) is 0 Å². The maximum Gasteiger partial charge on any atom is 0.209 e. The number of hydrogen-bond acceptors (Lipinski definition) is 7. The van der Waals surface area contributed by atoms with Gasteiger partial charge in [0.1, 0.15) is 28.5 Å². The van der Waals surface area contributed by atoms with Crippen LogP contribution in [0.4, 0.5) is 0 Å². The minimum atomic E-state index is -3.85. The van der Waals surface area contributed by atoms with Crippen molar-refractivity contribution in [2.24, 2.45) is 0 Å². The van der Waals surface area contributed by atoms with Crippen LogP contribution in [0.3, 0.4) is 0 Å². The first-order valence-corrected chi connectivity index (χ1v) is 13.4. The van der Waals surface area contributed by atoms with E-state index in [1.807, 2.05) is 42.5 Å². The summed E-state index contributed by atoms with van der Waals surface area (Å²) in [4.78, 5) is 0. The van der Waals surface area contributed by atoms with Crippen LogP contribution in [0.5, 0.6) is 23.0 Å². The highest BCUT2D eigenvalue weighted by molar-refractivity contribution is 7.88. The fraction of sp³-hybridized carbons (Fsp3) is 0.333. The van der Waals surface area contributed by atoms with Crippen LogP contribution in [-0.4, -0.2) is 47.2 Å². The maximum absolute atomic E-state index is 13.0. The largest absolute Gasteiger partial charge is 0.497 e. The van der Waals surface area contributed by atoms with Crippen molar-refractivity contribution in [3.8, 4) is 23.0 Å². The lowest BCUT2D eigenvalue weighted by molar-refractivity contribution is -0.0223. The van der Waals surface area contributed by atoms with Gasteiger partial charge in [-0.2, -0.15) is 4.72 Å². The van der Waals surface area contributed by atoms with Crippen LogP contribution in [0.15, 0.2) is 66.7 Å². The van der Waals surface area contributed by atoms with E-state index in [9.17, 15) is 13.5 Å². The normalized spacial score (nSPS) is 26.6. The molecule has 1 fully saturated rings. The first-order valence-electron chi connectivity index (χ1n) is 11.5. The lowest BCUT2D eigenvalue weighted by atomic mass is 9.69. The molecule has 0 radical (unpaired) electrons. The number of benzene rings is 3. The molecular weight excluding hydrogens is 482 g/mol. The van der Waals surface area contributed by atoms with E-state index in [1.165, 1.54) is 14.2 Å². The molecule has 0 unspecified atom stereocenters. The molecule has 2 N–H and O–H groups in total. The Balaban J connectivity index is 1.90. The molecule has 2 aliphatic rings. The molecule has 1 aliphatic heterocycles. The summed E-state index contributed by atoms with van der Waals surface area (Å²) in [5, 5.41) is 11.8. The minimum Gasteiger partial charge on any atom is -0.497 e. The summed E-state index contributed by atoms with van der Waals surface area (Å²) < 4.78 is 52.2. The number of fused-ring (bicyclic) bond motifs is 3. The molecule has 0 spiro atoms. The zero-order valence-electron chi connectivity index (χ0n) is 20.5. The van der Waals surface area contributed by atoms with Crippen LogP contribution < -0.4 is 23.7 Å². The Morgan fingerprint density at radius 3 is 2.19 bits per heavy atom. The number of nitrogens with one attached hydrogen (secondary N) is 1. The van der Waals surface area contributed by atoms with Gasteiger partial charge in [0, 0.05) is 18.1 Å². The van der Waals surface area contributed by atoms with Gasteiger partial charge >= 0.3 is 0 Å².